The fraction of sp³-hybridized carbons (Fsp3) is 0.300. The molecule has 4 rings (SSSR count). The maximum absolute atomic E-state index is 10.1. The van der Waals surface area contributed by atoms with Crippen molar-refractivity contribution in [3.63, 3.8) is 0 Å². The summed E-state index contributed by atoms with van der Waals surface area (Å²) in [6, 6.07) is 7.38. The van der Waals surface area contributed by atoms with Crippen molar-refractivity contribution in [1.82, 2.24) is 24.9 Å². The monoisotopic (exact) mass is 412 g/mol. The van der Waals surface area contributed by atoms with Crippen molar-refractivity contribution in [1.29, 1.82) is 0 Å². The number of benzene rings is 1. The van der Waals surface area contributed by atoms with Crippen molar-refractivity contribution in [3.05, 3.63) is 47.6 Å². The van der Waals surface area contributed by atoms with Gasteiger partial charge in [-0.05, 0) is 38.3 Å². The summed E-state index contributed by atoms with van der Waals surface area (Å²) in [5, 5.41) is 15.5. The standard InChI is InChI=1S/C20H21ClN6O2/c1-11(26-18-16-17(23-9-22-16)24-10-25-18)14-7-12-5-4-6-13(21)15(12)19(27-14)29-8-20(2,3)28/h4-7,9-11,28H,8H2,1-3H3,(H2,22,23,24,25,26)/t11-/m0/s1. The molecule has 0 bridgehead atoms. The van der Waals surface area contributed by atoms with E-state index in [1.54, 1.807) is 26.2 Å². The molecule has 150 valence electrons. The number of anilines is 1. The zero-order chi connectivity index (χ0) is 20.6. The van der Waals surface area contributed by atoms with E-state index in [1.807, 2.05) is 25.1 Å². The van der Waals surface area contributed by atoms with Crippen LogP contribution in [0.25, 0.3) is 21.9 Å². The van der Waals surface area contributed by atoms with Gasteiger partial charge in [0.05, 0.1) is 34.1 Å². The third kappa shape index (κ3) is 4.08. The van der Waals surface area contributed by atoms with Gasteiger partial charge >= 0.3 is 0 Å². The Morgan fingerprint density at radius 3 is 2.90 bits per heavy atom. The lowest BCUT2D eigenvalue weighted by Gasteiger charge is -2.20. The van der Waals surface area contributed by atoms with Crippen LogP contribution >= 0.6 is 11.6 Å². The molecule has 29 heavy (non-hydrogen) atoms. The first kappa shape index (κ1) is 19.4. The van der Waals surface area contributed by atoms with Crippen molar-refractivity contribution in [2.75, 3.05) is 11.9 Å². The van der Waals surface area contributed by atoms with E-state index in [0.717, 1.165) is 11.1 Å². The Labute approximate surface area is 172 Å². The first-order chi connectivity index (χ1) is 13.8. The van der Waals surface area contributed by atoms with Crippen LogP contribution in [-0.4, -0.2) is 42.2 Å². The second kappa shape index (κ2) is 7.46. The first-order valence-corrected chi connectivity index (χ1v) is 9.54. The molecule has 0 amide bonds. The summed E-state index contributed by atoms with van der Waals surface area (Å²) in [4.78, 5) is 20.4. The van der Waals surface area contributed by atoms with Gasteiger partial charge in [0.15, 0.2) is 11.5 Å². The average molecular weight is 413 g/mol. The normalized spacial score (nSPS) is 13.0. The molecule has 0 saturated heterocycles. The number of nitrogens with one attached hydrogen (secondary N) is 2. The summed E-state index contributed by atoms with van der Waals surface area (Å²) in [5.41, 5.74) is 1.05. The van der Waals surface area contributed by atoms with Gasteiger partial charge in [-0.2, -0.15) is 0 Å². The number of halogens is 1. The molecule has 9 heteroatoms. The number of rotatable bonds is 6. The third-order valence-corrected chi connectivity index (χ3v) is 4.68. The van der Waals surface area contributed by atoms with E-state index in [2.05, 4.69) is 30.2 Å². The lowest BCUT2D eigenvalue weighted by atomic mass is 10.1. The zero-order valence-electron chi connectivity index (χ0n) is 16.3. The highest BCUT2D eigenvalue weighted by Crippen LogP contribution is 2.34. The predicted molar refractivity (Wildman–Crippen MR) is 112 cm³/mol. The number of hydrogen-bond donors (Lipinski definition) is 3. The van der Waals surface area contributed by atoms with Gasteiger partial charge in [0, 0.05) is 0 Å². The first-order valence-electron chi connectivity index (χ1n) is 9.17. The van der Waals surface area contributed by atoms with Crippen molar-refractivity contribution in [2.24, 2.45) is 0 Å². The van der Waals surface area contributed by atoms with Crippen LogP contribution in [0.4, 0.5) is 5.82 Å². The number of aromatic amines is 1. The maximum Gasteiger partial charge on any atom is 0.223 e. The minimum Gasteiger partial charge on any atom is -0.474 e. The van der Waals surface area contributed by atoms with Gasteiger partial charge in [0.1, 0.15) is 18.5 Å². The molecule has 3 aromatic heterocycles. The molecule has 8 nitrogen and oxygen atoms in total. The van der Waals surface area contributed by atoms with E-state index in [9.17, 15) is 5.11 Å². The van der Waals surface area contributed by atoms with Crippen LogP contribution < -0.4 is 10.1 Å². The number of nitrogens with zero attached hydrogens (tertiary/aromatic N) is 4. The highest BCUT2D eigenvalue weighted by atomic mass is 35.5. The van der Waals surface area contributed by atoms with E-state index in [1.165, 1.54) is 6.33 Å². The zero-order valence-corrected chi connectivity index (χ0v) is 17.0. The van der Waals surface area contributed by atoms with Crippen LogP contribution in [0, 0.1) is 0 Å². The summed E-state index contributed by atoms with van der Waals surface area (Å²) in [6.07, 6.45) is 3.05. The average Bonchev–Trinajstić information content (AvgIpc) is 3.15. The molecule has 3 heterocycles. The molecule has 0 aliphatic heterocycles. The summed E-state index contributed by atoms with van der Waals surface area (Å²) < 4.78 is 5.85. The lowest BCUT2D eigenvalue weighted by Crippen LogP contribution is -2.28. The van der Waals surface area contributed by atoms with Crippen molar-refractivity contribution >= 4 is 39.4 Å². The van der Waals surface area contributed by atoms with Crippen LogP contribution in [0.2, 0.25) is 5.02 Å². The molecule has 0 fully saturated rings. The number of fused-ring (bicyclic) bond motifs is 2. The number of aliphatic hydroxyl groups is 1. The summed E-state index contributed by atoms with van der Waals surface area (Å²) >= 11 is 6.40. The summed E-state index contributed by atoms with van der Waals surface area (Å²) in [7, 11) is 0. The molecular weight excluding hydrogens is 392 g/mol. The highest BCUT2D eigenvalue weighted by Gasteiger charge is 2.19. The van der Waals surface area contributed by atoms with Crippen molar-refractivity contribution in [2.45, 2.75) is 32.4 Å². The van der Waals surface area contributed by atoms with Crippen LogP contribution in [0.15, 0.2) is 36.9 Å². The Balaban J connectivity index is 1.72. The molecule has 0 spiro atoms. The smallest absolute Gasteiger partial charge is 0.223 e. The van der Waals surface area contributed by atoms with E-state index < -0.39 is 5.60 Å². The van der Waals surface area contributed by atoms with Gasteiger partial charge in [-0.1, -0.05) is 23.7 Å². The molecule has 0 saturated carbocycles. The number of pyridine rings is 1. The number of hydrogen-bond acceptors (Lipinski definition) is 7. The Morgan fingerprint density at radius 2 is 2.10 bits per heavy atom. The molecule has 1 aromatic carbocycles. The van der Waals surface area contributed by atoms with Crippen molar-refractivity contribution in [3.8, 4) is 5.88 Å². The van der Waals surface area contributed by atoms with Gasteiger partial charge in [-0.3, -0.25) is 0 Å². The fourth-order valence-corrected chi connectivity index (χ4v) is 3.23. The lowest BCUT2D eigenvalue weighted by molar-refractivity contribution is 0.0274. The minimum atomic E-state index is -0.998. The van der Waals surface area contributed by atoms with Gasteiger partial charge in [0.2, 0.25) is 5.88 Å². The molecule has 0 aliphatic carbocycles. The minimum absolute atomic E-state index is 0.0887. The van der Waals surface area contributed by atoms with E-state index in [4.69, 9.17) is 16.3 Å². The topological polar surface area (TPSA) is 109 Å². The Hall–Kier alpha value is -2.97. The van der Waals surface area contributed by atoms with Gasteiger partial charge in [-0.25, -0.2) is 19.9 Å². The molecule has 0 unspecified atom stereocenters. The number of H-pyrrole nitrogens is 1. The Bertz CT molecular complexity index is 1170. The number of aromatic nitrogens is 5. The van der Waals surface area contributed by atoms with Crippen LogP contribution in [0.5, 0.6) is 5.88 Å². The SMILES string of the molecule is C[C@H](Nc1ncnc2[nH]cnc12)c1cc2cccc(Cl)c2c(OCC(C)(C)O)n1. The molecule has 3 N–H and O–H groups in total. The van der Waals surface area contributed by atoms with E-state index in [0.29, 0.717) is 33.3 Å². The molecule has 4 aromatic rings. The number of ether oxygens (including phenoxy) is 1. The second-order valence-electron chi connectivity index (χ2n) is 7.48. The predicted octanol–water partition coefficient (Wildman–Crippen LogP) is 3.88. The fourth-order valence-electron chi connectivity index (χ4n) is 2.97. The number of imidazole rings is 1. The molecule has 0 radical (unpaired) electrons. The molecular formula is C20H21ClN6O2. The third-order valence-electron chi connectivity index (χ3n) is 4.37. The van der Waals surface area contributed by atoms with Crippen LogP contribution in [0.1, 0.15) is 32.5 Å². The second-order valence-corrected chi connectivity index (χ2v) is 7.89. The van der Waals surface area contributed by atoms with Gasteiger partial charge in [0.25, 0.3) is 0 Å². The summed E-state index contributed by atoms with van der Waals surface area (Å²) in [5.74, 6) is 0.988. The Kier molecular flexibility index (Phi) is 4.97. The van der Waals surface area contributed by atoms with Crippen LogP contribution in [-0.2, 0) is 0 Å². The highest BCUT2D eigenvalue weighted by molar-refractivity contribution is 6.36. The van der Waals surface area contributed by atoms with E-state index >= 15 is 0 Å². The van der Waals surface area contributed by atoms with Gasteiger partial charge < -0.3 is 20.1 Å². The quantitative estimate of drug-likeness (QED) is 0.441. The van der Waals surface area contributed by atoms with E-state index in [-0.39, 0.29) is 12.6 Å². The van der Waals surface area contributed by atoms with Gasteiger partial charge in [-0.15, -0.1) is 0 Å². The van der Waals surface area contributed by atoms with Crippen molar-refractivity contribution < 1.29 is 9.84 Å². The van der Waals surface area contributed by atoms with Crippen LogP contribution in [0.3, 0.4) is 0 Å². The largest absolute Gasteiger partial charge is 0.474 e. The molecule has 0 aliphatic rings. The molecule has 1 atom stereocenters. The Morgan fingerprint density at radius 1 is 1.28 bits per heavy atom. The summed E-state index contributed by atoms with van der Waals surface area (Å²) in [6.45, 7) is 5.41. The maximum atomic E-state index is 10.1.